The van der Waals surface area contributed by atoms with Gasteiger partial charge in [0.15, 0.2) is 5.82 Å². The fraction of sp³-hybridized carbons (Fsp3) is 0.667. The van der Waals surface area contributed by atoms with E-state index in [0.717, 1.165) is 18.5 Å². The zero-order valence-electron chi connectivity index (χ0n) is 10.5. The molecule has 1 heterocycles. The number of hydrogen-bond donors (Lipinski definition) is 1. The predicted octanol–water partition coefficient (Wildman–Crippen LogP) is 2.35. The van der Waals surface area contributed by atoms with E-state index < -0.39 is 0 Å². The highest BCUT2D eigenvalue weighted by atomic mass is 16.5. The van der Waals surface area contributed by atoms with Crippen LogP contribution in [-0.2, 0) is 11.2 Å². The number of rotatable bonds is 5. The fourth-order valence-corrected chi connectivity index (χ4v) is 1.73. The summed E-state index contributed by atoms with van der Waals surface area (Å²) in [5.74, 6) is 1.55. The van der Waals surface area contributed by atoms with Crippen molar-refractivity contribution in [1.29, 1.82) is 0 Å². The fourth-order valence-electron chi connectivity index (χ4n) is 1.73. The largest absolute Gasteiger partial charge is 0.384 e. The third-order valence-corrected chi connectivity index (χ3v) is 2.44. The molecule has 4 heteroatoms. The number of nitrogens with two attached hydrogens (primary N) is 1. The molecule has 4 nitrogen and oxygen atoms in total. The number of aromatic nitrogens is 2. The molecule has 1 aromatic heterocycles. The molecule has 0 radical (unpaired) electrons. The molecule has 1 aromatic rings. The van der Waals surface area contributed by atoms with Gasteiger partial charge in [-0.1, -0.05) is 27.2 Å². The van der Waals surface area contributed by atoms with Crippen LogP contribution in [0, 0.1) is 5.92 Å². The van der Waals surface area contributed by atoms with Crippen molar-refractivity contribution in [2.75, 3.05) is 12.8 Å². The van der Waals surface area contributed by atoms with Crippen LogP contribution in [0.4, 0.5) is 5.82 Å². The van der Waals surface area contributed by atoms with E-state index in [1.54, 1.807) is 7.11 Å². The molecule has 1 rings (SSSR count). The Labute approximate surface area is 97.2 Å². The molecule has 16 heavy (non-hydrogen) atoms. The lowest BCUT2D eigenvalue weighted by Crippen LogP contribution is -2.15. The topological polar surface area (TPSA) is 61.0 Å². The number of nitrogen functional groups attached to an aromatic ring is 1. The molecule has 0 aliphatic rings. The minimum atomic E-state index is -0.0842. The Kier molecular flexibility index (Phi) is 4.68. The second-order valence-electron chi connectivity index (χ2n) is 4.29. The van der Waals surface area contributed by atoms with E-state index in [4.69, 9.17) is 10.5 Å². The van der Waals surface area contributed by atoms with E-state index in [9.17, 15) is 0 Å². The minimum absolute atomic E-state index is 0.0842. The highest BCUT2D eigenvalue weighted by Gasteiger charge is 2.18. The number of aryl methyl sites for hydroxylation is 1. The Hall–Kier alpha value is -1.16. The van der Waals surface area contributed by atoms with E-state index in [2.05, 4.69) is 30.7 Å². The molecule has 0 aliphatic carbocycles. The molecule has 0 saturated carbocycles. The summed E-state index contributed by atoms with van der Waals surface area (Å²) in [6.45, 7) is 6.29. The third-order valence-electron chi connectivity index (χ3n) is 2.44. The summed E-state index contributed by atoms with van der Waals surface area (Å²) in [6, 6.07) is 1.83. The quantitative estimate of drug-likeness (QED) is 0.832. The van der Waals surface area contributed by atoms with E-state index in [-0.39, 0.29) is 6.10 Å². The van der Waals surface area contributed by atoms with Gasteiger partial charge in [-0.3, -0.25) is 0 Å². The van der Waals surface area contributed by atoms with Gasteiger partial charge in [0.2, 0.25) is 0 Å². The Morgan fingerprint density at radius 3 is 2.56 bits per heavy atom. The third kappa shape index (κ3) is 3.17. The van der Waals surface area contributed by atoms with Crippen molar-refractivity contribution in [2.45, 2.75) is 39.7 Å². The Morgan fingerprint density at radius 1 is 1.38 bits per heavy atom. The molecule has 1 atom stereocenters. The Bertz CT molecular complexity index is 339. The number of methoxy groups -OCH3 is 1. The number of anilines is 1. The first-order valence-electron chi connectivity index (χ1n) is 5.74. The van der Waals surface area contributed by atoms with Crippen molar-refractivity contribution >= 4 is 5.82 Å². The van der Waals surface area contributed by atoms with Crippen LogP contribution in [0.3, 0.4) is 0 Å². The highest BCUT2D eigenvalue weighted by Crippen LogP contribution is 2.23. The molecule has 2 N–H and O–H groups in total. The zero-order valence-corrected chi connectivity index (χ0v) is 10.5. The van der Waals surface area contributed by atoms with Gasteiger partial charge in [-0.25, -0.2) is 9.97 Å². The summed E-state index contributed by atoms with van der Waals surface area (Å²) in [5.41, 5.74) is 6.77. The molecule has 0 fully saturated rings. The number of ether oxygens (including phenoxy) is 1. The van der Waals surface area contributed by atoms with Gasteiger partial charge < -0.3 is 10.5 Å². The molecule has 0 aromatic carbocycles. The van der Waals surface area contributed by atoms with Gasteiger partial charge in [0.1, 0.15) is 11.9 Å². The van der Waals surface area contributed by atoms with Crippen molar-refractivity contribution in [2.24, 2.45) is 5.92 Å². The summed E-state index contributed by atoms with van der Waals surface area (Å²) in [4.78, 5) is 8.75. The van der Waals surface area contributed by atoms with E-state index in [1.807, 2.05) is 6.07 Å². The van der Waals surface area contributed by atoms with E-state index in [0.29, 0.717) is 17.6 Å². The van der Waals surface area contributed by atoms with Crippen LogP contribution in [0.5, 0.6) is 0 Å². The van der Waals surface area contributed by atoms with Gasteiger partial charge in [-0.05, 0) is 12.3 Å². The molecule has 1 unspecified atom stereocenters. The zero-order chi connectivity index (χ0) is 12.1. The molecule has 0 saturated heterocycles. The van der Waals surface area contributed by atoms with Crippen LogP contribution in [0.25, 0.3) is 0 Å². The number of nitrogens with zero attached hydrogens (tertiary/aromatic N) is 2. The lowest BCUT2D eigenvalue weighted by atomic mass is 10.1. The molecule has 0 bridgehead atoms. The van der Waals surface area contributed by atoms with Crippen LogP contribution in [-0.4, -0.2) is 17.1 Å². The van der Waals surface area contributed by atoms with Crippen molar-refractivity contribution in [3.8, 4) is 0 Å². The molecule has 0 amide bonds. The first-order chi connectivity index (χ1) is 7.58. The van der Waals surface area contributed by atoms with E-state index >= 15 is 0 Å². The lowest BCUT2D eigenvalue weighted by molar-refractivity contribution is 0.0574. The average Bonchev–Trinajstić information content (AvgIpc) is 2.17. The lowest BCUT2D eigenvalue weighted by Gasteiger charge is -2.18. The maximum Gasteiger partial charge on any atom is 0.159 e. The summed E-state index contributed by atoms with van der Waals surface area (Å²) in [5, 5.41) is 0. The number of hydrogen-bond acceptors (Lipinski definition) is 4. The minimum Gasteiger partial charge on any atom is -0.384 e. The summed E-state index contributed by atoms with van der Waals surface area (Å²) in [7, 11) is 1.68. The smallest absolute Gasteiger partial charge is 0.159 e. The standard InChI is InChI=1S/C12H21N3O/c1-5-6-9-7-10(13)15-12(14-9)11(16-4)8(2)3/h7-8,11H,5-6H2,1-4H3,(H2,13,14,15). The summed E-state index contributed by atoms with van der Waals surface area (Å²) < 4.78 is 5.41. The first kappa shape index (κ1) is 12.9. The molecule has 0 spiro atoms. The van der Waals surface area contributed by atoms with Crippen molar-refractivity contribution in [3.05, 3.63) is 17.6 Å². The van der Waals surface area contributed by atoms with Crippen molar-refractivity contribution in [1.82, 2.24) is 9.97 Å². The highest BCUT2D eigenvalue weighted by molar-refractivity contribution is 5.30. The van der Waals surface area contributed by atoms with Crippen molar-refractivity contribution in [3.63, 3.8) is 0 Å². The summed E-state index contributed by atoms with van der Waals surface area (Å²) >= 11 is 0. The second-order valence-corrected chi connectivity index (χ2v) is 4.29. The van der Waals surface area contributed by atoms with Gasteiger partial charge >= 0.3 is 0 Å². The molecule has 0 aliphatic heterocycles. The predicted molar refractivity (Wildman–Crippen MR) is 65.0 cm³/mol. The van der Waals surface area contributed by atoms with Crippen molar-refractivity contribution < 1.29 is 4.74 Å². The first-order valence-corrected chi connectivity index (χ1v) is 5.74. The Morgan fingerprint density at radius 2 is 2.06 bits per heavy atom. The summed E-state index contributed by atoms with van der Waals surface area (Å²) in [6.07, 6.45) is 1.89. The van der Waals surface area contributed by atoms with Crippen LogP contribution < -0.4 is 5.73 Å². The van der Waals surface area contributed by atoms with Gasteiger partial charge in [0.25, 0.3) is 0 Å². The maximum atomic E-state index is 5.78. The maximum absolute atomic E-state index is 5.78. The van der Waals surface area contributed by atoms with E-state index in [1.165, 1.54) is 0 Å². The van der Waals surface area contributed by atoms with Crippen LogP contribution in [0.2, 0.25) is 0 Å². The second kappa shape index (κ2) is 5.80. The van der Waals surface area contributed by atoms with Crippen LogP contribution in [0.15, 0.2) is 6.07 Å². The van der Waals surface area contributed by atoms with Crippen LogP contribution >= 0.6 is 0 Å². The molecular weight excluding hydrogens is 202 g/mol. The van der Waals surface area contributed by atoms with Gasteiger partial charge in [-0.2, -0.15) is 0 Å². The normalized spacial score (nSPS) is 13.1. The van der Waals surface area contributed by atoms with Gasteiger partial charge in [0, 0.05) is 18.9 Å². The average molecular weight is 223 g/mol. The Balaban J connectivity index is 3.02. The van der Waals surface area contributed by atoms with Gasteiger partial charge in [0.05, 0.1) is 0 Å². The molecular formula is C12H21N3O. The SMILES string of the molecule is CCCc1cc(N)nc(C(OC)C(C)C)n1. The van der Waals surface area contributed by atoms with Crippen LogP contribution in [0.1, 0.15) is 44.8 Å². The molecule has 90 valence electrons. The monoisotopic (exact) mass is 223 g/mol. The van der Waals surface area contributed by atoms with Gasteiger partial charge in [-0.15, -0.1) is 0 Å².